The van der Waals surface area contributed by atoms with Gasteiger partial charge in [-0.2, -0.15) is 5.26 Å². The average Bonchev–Trinajstić information content (AvgIpc) is 2.79. The lowest BCUT2D eigenvalue weighted by Crippen LogP contribution is -2.05. The largest absolute Gasteiger partial charge is 0.493 e. The normalized spacial score (nSPS) is 10.3. The Morgan fingerprint density at radius 1 is 0.903 bits per heavy atom. The van der Waals surface area contributed by atoms with Crippen molar-refractivity contribution >= 4 is 5.97 Å². The van der Waals surface area contributed by atoms with Gasteiger partial charge in [-0.25, -0.2) is 0 Å². The number of aryl methyl sites for hydroxylation is 1. The number of aliphatic carboxylic acids is 1. The molecule has 0 saturated carbocycles. The summed E-state index contributed by atoms with van der Waals surface area (Å²) in [5.74, 6) is 0.598. The minimum Gasteiger partial charge on any atom is -0.493 e. The van der Waals surface area contributed by atoms with Gasteiger partial charge in [0.25, 0.3) is 0 Å². The van der Waals surface area contributed by atoms with Gasteiger partial charge in [0.1, 0.15) is 18.1 Å². The van der Waals surface area contributed by atoms with Crippen LogP contribution in [0.2, 0.25) is 0 Å². The fourth-order valence-corrected chi connectivity index (χ4v) is 3.21. The predicted molar refractivity (Wildman–Crippen MR) is 118 cm³/mol. The summed E-state index contributed by atoms with van der Waals surface area (Å²) in [4.78, 5) is 10.9. The molecule has 0 fully saturated rings. The molecule has 5 nitrogen and oxygen atoms in total. The van der Waals surface area contributed by atoms with E-state index >= 15 is 0 Å². The van der Waals surface area contributed by atoms with Crippen LogP contribution in [-0.2, 0) is 24.2 Å². The average molecular weight is 415 g/mol. The number of carbonyl (C=O) groups is 1. The van der Waals surface area contributed by atoms with Gasteiger partial charge in [0, 0.05) is 12.8 Å². The molecule has 31 heavy (non-hydrogen) atoms. The summed E-state index contributed by atoms with van der Waals surface area (Å²) in [6.07, 6.45) is 2.11. The van der Waals surface area contributed by atoms with Gasteiger partial charge in [-0.1, -0.05) is 48.5 Å². The monoisotopic (exact) mass is 415 g/mol. The molecule has 3 rings (SSSR count). The minimum absolute atomic E-state index is 0.129. The van der Waals surface area contributed by atoms with E-state index in [-0.39, 0.29) is 6.42 Å². The van der Waals surface area contributed by atoms with Crippen LogP contribution in [0.15, 0.2) is 72.8 Å². The molecule has 158 valence electrons. The van der Waals surface area contributed by atoms with Gasteiger partial charge in [-0.05, 0) is 53.8 Å². The van der Waals surface area contributed by atoms with Crippen LogP contribution < -0.4 is 9.47 Å². The van der Waals surface area contributed by atoms with E-state index in [4.69, 9.17) is 19.8 Å². The number of nitriles is 1. The van der Waals surface area contributed by atoms with E-state index in [0.29, 0.717) is 37.4 Å². The van der Waals surface area contributed by atoms with Crippen molar-refractivity contribution in [1.29, 1.82) is 5.26 Å². The second kappa shape index (κ2) is 11.4. The van der Waals surface area contributed by atoms with Crippen molar-refractivity contribution in [3.8, 4) is 17.6 Å². The molecule has 0 aromatic heterocycles. The maximum absolute atomic E-state index is 10.9. The molecule has 0 spiro atoms. The SMILES string of the molecule is N#Cc1cccc(OCc2ccc(CCCC(=O)O)c(OCCc3ccccc3)c2)c1. The van der Waals surface area contributed by atoms with Crippen LogP contribution in [0.1, 0.15) is 35.1 Å². The van der Waals surface area contributed by atoms with E-state index in [1.165, 1.54) is 5.56 Å². The molecular weight excluding hydrogens is 390 g/mol. The molecule has 0 unspecified atom stereocenters. The molecule has 0 heterocycles. The number of benzene rings is 3. The van der Waals surface area contributed by atoms with Crippen molar-refractivity contribution in [1.82, 2.24) is 0 Å². The van der Waals surface area contributed by atoms with Crippen LogP contribution in [0.3, 0.4) is 0 Å². The Bertz CT molecular complexity index is 1040. The van der Waals surface area contributed by atoms with E-state index in [0.717, 1.165) is 23.3 Å². The smallest absolute Gasteiger partial charge is 0.303 e. The number of carboxylic acids is 1. The quantitative estimate of drug-likeness (QED) is 0.468. The van der Waals surface area contributed by atoms with Crippen molar-refractivity contribution in [2.45, 2.75) is 32.3 Å². The lowest BCUT2D eigenvalue weighted by molar-refractivity contribution is -0.137. The molecular formula is C26H25NO4. The van der Waals surface area contributed by atoms with E-state index in [9.17, 15) is 4.79 Å². The molecule has 5 heteroatoms. The summed E-state index contributed by atoms with van der Waals surface area (Å²) in [7, 11) is 0. The number of nitrogens with zero attached hydrogens (tertiary/aromatic N) is 1. The summed E-state index contributed by atoms with van der Waals surface area (Å²) in [6, 6.07) is 25.2. The number of hydrogen-bond acceptors (Lipinski definition) is 4. The maximum atomic E-state index is 10.9. The summed E-state index contributed by atoms with van der Waals surface area (Å²) in [6.45, 7) is 0.879. The third kappa shape index (κ3) is 7.20. The number of ether oxygens (including phenoxy) is 2. The van der Waals surface area contributed by atoms with Crippen molar-refractivity contribution in [2.75, 3.05) is 6.61 Å². The third-order valence-electron chi connectivity index (χ3n) is 4.83. The number of hydrogen-bond donors (Lipinski definition) is 1. The Morgan fingerprint density at radius 2 is 1.74 bits per heavy atom. The van der Waals surface area contributed by atoms with E-state index in [2.05, 4.69) is 18.2 Å². The van der Waals surface area contributed by atoms with Crippen molar-refractivity contribution in [3.63, 3.8) is 0 Å². The number of rotatable bonds is 11. The first-order chi connectivity index (χ1) is 15.1. The van der Waals surface area contributed by atoms with E-state index < -0.39 is 5.97 Å². The molecule has 0 saturated heterocycles. The summed E-state index contributed by atoms with van der Waals surface area (Å²) >= 11 is 0. The zero-order chi connectivity index (χ0) is 21.9. The van der Waals surface area contributed by atoms with Gasteiger partial charge in [0.2, 0.25) is 0 Å². The van der Waals surface area contributed by atoms with E-state index in [1.54, 1.807) is 18.2 Å². The molecule has 0 bridgehead atoms. The topological polar surface area (TPSA) is 79.5 Å². The first-order valence-electron chi connectivity index (χ1n) is 10.3. The van der Waals surface area contributed by atoms with Crippen LogP contribution in [0.5, 0.6) is 11.5 Å². The highest BCUT2D eigenvalue weighted by atomic mass is 16.5. The van der Waals surface area contributed by atoms with Crippen molar-refractivity contribution < 1.29 is 19.4 Å². The maximum Gasteiger partial charge on any atom is 0.303 e. The summed E-state index contributed by atoms with van der Waals surface area (Å²) in [5.41, 5.74) is 3.69. The molecule has 0 radical (unpaired) electrons. The highest BCUT2D eigenvalue weighted by Crippen LogP contribution is 2.24. The lowest BCUT2D eigenvalue weighted by Gasteiger charge is -2.14. The fourth-order valence-electron chi connectivity index (χ4n) is 3.21. The van der Waals surface area contributed by atoms with Crippen molar-refractivity contribution in [3.05, 3.63) is 95.1 Å². The fraction of sp³-hybridized carbons (Fsp3) is 0.231. The van der Waals surface area contributed by atoms with Crippen LogP contribution in [0.4, 0.5) is 0 Å². The second-order valence-electron chi connectivity index (χ2n) is 7.20. The van der Waals surface area contributed by atoms with E-state index in [1.807, 2.05) is 42.5 Å². The van der Waals surface area contributed by atoms with Gasteiger partial charge >= 0.3 is 5.97 Å². The van der Waals surface area contributed by atoms with Gasteiger partial charge in [-0.3, -0.25) is 4.79 Å². The van der Waals surface area contributed by atoms with Crippen LogP contribution >= 0.6 is 0 Å². The second-order valence-corrected chi connectivity index (χ2v) is 7.20. The molecule has 3 aromatic rings. The Balaban J connectivity index is 1.67. The first kappa shape index (κ1) is 21.9. The Morgan fingerprint density at radius 3 is 2.52 bits per heavy atom. The van der Waals surface area contributed by atoms with Crippen LogP contribution in [0, 0.1) is 11.3 Å². The van der Waals surface area contributed by atoms with Gasteiger partial charge in [0.15, 0.2) is 0 Å². The molecule has 0 atom stereocenters. The molecule has 0 aliphatic carbocycles. The standard InChI is InChI=1S/C26H25NO4/c27-18-21-8-4-10-24(16-21)31-19-22-12-13-23(9-5-11-26(28)29)25(17-22)30-15-14-20-6-2-1-3-7-20/h1-4,6-8,10,12-13,16-17H,5,9,11,14-15,19H2,(H,28,29). The Labute approximate surface area is 182 Å². The lowest BCUT2D eigenvalue weighted by atomic mass is 10.0. The first-order valence-corrected chi connectivity index (χ1v) is 10.3. The Hall–Kier alpha value is -3.78. The minimum atomic E-state index is -0.795. The number of carboxylic acid groups (broad SMARTS) is 1. The highest BCUT2D eigenvalue weighted by Gasteiger charge is 2.08. The zero-order valence-corrected chi connectivity index (χ0v) is 17.3. The predicted octanol–water partition coefficient (Wildman–Crippen LogP) is 5.17. The summed E-state index contributed by atoms with van der Waals surface area (Å²) in [5, 5.41) is 17.9. The molecule has 0 amide bonds. The summed E-state index contributed by atoms with van der Waals surface area (Å²) < 4.78 is 11.9. The van der Waals surface area contributed by atoms with Crippen LogP contribution in [0.25, 0.3) is 0 Å². The highest BCUT2D eigenvalue weighted by molar-refractivity contribution is 5.66. The van der Waals surface area contributed by atoms with Gasteiger partial charge < -0.3 is 14.6 Å². The molecule has 0 aliphatic rings. The van der Waals surface area contributed by atoms with Crippen LogP contribution in [-0.4, -0.2) is 17.7 Å². The molecule has 0 aliphatic heterocycles. The Kier molecular flexibility index (Phi) is 8.07. The zero-order valence-electron chi connectivity index (χ0n) is 17.3. The van der Waals surface area contributed by atoms with Gasteiger partial charge in [-0.15, -0.1) is 0 Å². The third-order valence-corrected chi connectivity index (χ3v) is 4.83. The van der Waals surface area contributed by atoms with Crippen molar-refractivity contribution in [2.24, 2.45) is 0 Å². The molecule has 3 aromatic carbocycles. The van der Waals surface area contributed by atoms with Gasteiger partial charge in [0.05, 0.1) is 18.2 Å². The molecule has 1 N–H and O–H groups in total.